The topological polar surface area (TPSA) is 38.9 Å². The van der Waals surface area contributed by atoms with E-state index in [0.29, 0.717) is 22.4 Å². The maximum absolute atomic E-state index is 8.39. The van der Waals surface area contributed by atoms with Crippen molar-refractivity contribution in [2.75, 3.05) is 0 Å². The van der Waals surface area contributed by atoms with Gasteiger partial charge >= 0.3 is 0 Å². The largest absolute Gasteiger partial charge is 0.500 e. The number of hydrogen-bond donors (Lipinski definition) is 0. The number of benzene rings is 6. The number of para-hydroxylation sites is 1. The molecule has 0 saturated heterocycles. The van der Waals surface area contributed by atoms with Crippen LogP contribution in [-0.2, 0) is 31.9 Å². The Morgan fingerprint density at radius 1 is 0.617 bits per heavy atom. The van der Waals surface area contributed by atoms with E-state index < -0.39 is 18.6 Å². The van der Waals surface area contributed by atoms with Crippen LogP contribution in [0, 0.1) is 24.4 Å². The smallest absolute Gasteiger partial charge is 0.128 e. The van der Waals surface area contributed by atoms with E-state index in [1.807, 2.05) is 69.4 Å². The molecule has 0 spiro atoms. The number of rotatable bonds is 6. The summed E-state index contributed by atoms with van der Waals surface area (Å²) in [6, 6.07) is 56.4. The van der Waals surface area contributed by atoms with Gasteiger partial charge in [0.25, 0.3) is 0 Å². The van der Waals surface area contributed by atoms with E-state index in [4.69, 9.17) is 11.3 Å². The Morgan fingerprint density at radius 2 is 1.32 bits per heavy atom. The van der Waals surface area contributed by atoms with E-state index >= 15 is 0 Å². The third-order valence-electron chi connectivity index (χ3n) is 10.2. The van der Waals surface area contributed by atoms with Crippen molar-refractivity contribution in [2.45, 2.75) is 60.2 Å². The Hall–Kier alpha value is -5.93. The molecule has 9 rings (SSSR count). The number of pyridine rings is 2. The molecule has 0 fully saturated rings. The predicted octanol–water partition coefficient (Wildman–Crippen LogP) is 15.2. The normalized spacial score (nSPS) is 13.2. The van der Waals surface area contributed by atoms with Crippen LogP contribution in [0.1, 0.15) is 65.1 Å². The van der Waals surface area contributed by atoms with E-state index in [2.05, 4.69) is 128 Å². The maximum Gasteiger partial charge on any atom is 0.128 e. The van der Waals surface area contributed by atoms with Gasteiger partial charge in [-0.25, -0.2) is 0 Å². The Morgan fingerprint density at radius 3 is 2.02 bits per heavy atom. The molecule has 0 N–H and O–H groups in total. The van der Waals surface area contributed by atoms with Gasteiger partial charge < -0.3 is 14.4 Å². The fourth-order valence-corrected chi connectivity index (χ4v) is 7.27. The van der Waals surface area contributed by atoms with Crippen LogP contribution in [0.15, 0.2) is 168 Å². The van der Waals surface area contributed by atoms with Gasteiger partial charge in [0.2, 0.25) is 0 Å². The van der Waals surface area contributed by atoms with Crippen molar-refractivity contribution in [2.24, 2.45) is 5.41 Å². The van der Waals surface area contributed by atoms with Crippen molar-refractivity contribution in [3.8, 4) is 55.9 Å². The van der Waals surface area contributed by atoms with Crippen molar-refractivity contribution in [1.82, 2.24) is 9.97 Å². The number of fused-ring (bicyclic) bond motifs is 3. The van der Waals surface area contributed by atoms with Gasteiger partial charge in [0.1, 0.15) is 5.58 Å². The van der Waals surface area contributed by atoms with Crippen molar-refractivity contribution in [3.63, 3.8) is 0 Å². The second kappa shape index (κ2) is 17.7. The second-order valence-electron chi connectivity index (χ2n) is 16.9. The van der Waals surface area contributed by atoms with Crippen LogP contribution >= 0.6 is 0 Å². The van der Waals surface area contributed by atoms with Gasteiger partial charge in [-0.2, -0.15) is 0 Å². The van der Waals surface area contributed by atoms with E-state index in [9.17, 15) is 0 Å². The minimum Gasteiger partial charge on any atom is -0.500 e. The minimum atomic E-state index is -2.25. The quantitative estimate of drug-likeness (QED) is 0.156. The second-order valence-corrected chi connectivity index (χ2v) is 16.9. The first-order valence-electron chi connectivity index (χ1n) is 22.5. The average Bonchev–Trinajstić information content (AvgIpc) is 3.68. The van der Waals surface area contributed by atoms with Crippen molar-refractivity contribution < 1.29 is 31.4 Å². The van der Waals surface area contributed by atoms with Gasteiger partial charge in [0, 0.05) is 50.3 Å². The Labute approximate surface area is 376 Å². The van der Waals surface area contributed by atoms with Crippen LogP contribution in [0.2, 0.25) is 0 Å². The molecule has 0 aliphatic rings. The molecule has 0 unspecified atom stereocenters. The molecular formula is C56H50IrN2O-2. The molecule has 3 nitrogen and oxygen atoms in total. The van der Waals surface area contributed by atoms with Gasteiger partial charge in [0.15, 0.2) is 0 Å². The molecule has 3 aromatic heterocycles. The van der Waals surface area contributed by atoms with Crippen molar-refractivity contribution in [1.29, 1.82) is 0 Å². The molecule has 0 aliphatic carbocycles. The third kappa shape index (κ3) is 9.42. The predicted molar refractivity (Wildman–Crippen MR) is 247 cm³/mol. The number of nitrogens with zero attached hydrogens (tertiary/aromatic N) is 2. The Bertz CT molecular complexity index is 3080. The van der Waals surface area contributed by atoms with E-state index in [-0.39, 0.29) is 31.1 Å². The van der Waals surface area contributed by atoms with Crippen LogP contribution in [0.4, 0.5) is 0 Å². The van der Waals surface area contributed by atoms with E-state index in [1.165, 1.54) is 22.8 Å². The van der Waals surface area contributed by atoms with Crippen LogP contribution in [0.5, 0.6) is 0 Å². The molecule has 9 aromatic rings. The first-order chi connectivity index (χ1) is 30.4. The Balaban J connectivity index is 0.000000195. The number of hydrogen-bond acceptors (Lipinski definition) is 3. The third-order valence-corrected chi connectivity index (χ3v) is 10.2. The molecule has 1 radical (unpaired) electrons. The number of aryl methyl sites for hydroxylation is 1. The fourth-order valence-electron chi connectivity index (χ4n) is 7.27. The minimum absolute atomic E-state index is 0. The van der Waals surface area contributed by atoms with E-state index in [0.717, 1.165) is 49.9 Å². The summed E-state index contributed by atoms with van der Waals surface area (Å²) in [6.07, 6.45) is 1.91. The monoisotopic (exact) mass is 964 g/mol. The molecule has 0 atom stereocenters. The molecular weight excluding hydrogens is 909 g/mol. The summed E-state index contributed by atoms with van der Waals surface area (Å²) >= 11 is 0. The summed E-state index contributed by atoms with van der Waals surface area (Å²) < 4.78 is 47.0. The zero-order chi connectivity index (χ0) is 45.4. The van der Waals surface area contributed by atoms with Gasteiger partial charge in [-0.1, -0.05) is 180 Å². The molecule has 4 heteroatoms. The molecule has 0 aliphatic heterocycles. The first kappa shape index (κ1) is 36.0. The summed E-state index contributed by atoms with van der Waals surface area (Å²) in [6.45, 7) is 9.96. The summed E-state index contributed by atoms with van der Waals surface area (Å²) in [5.41, 5.74) is 12.3. The standard InChI is InChI=1S/C33H26NO.C23H24N.Ir/c1-33(2,3)25-18-19-34-30(21-25)29-17-9-16-28-27-15-8-14-26(31(27)35-32(28)29)24-13-7-12-23(20-24)22-10-5-4-6-11-22;1-17-10-12-20(14-21(17)19-8-6-5-7-9-19)22-13-11-18(16-24-22)15-23(2,3)4;/h4-16,18-21H,1-3H3;5-11,13-14,16H,15H2,1-4H3;/q2*-1;/i;1D3,15D2;. The van der Waals surface area contributed by atoms with Gasteiger partial charge in [-0.15, -0.1) is 47.5 Å². The zero-order valence-corrected chi connectivity index (χ0v) is 37.1. The van der Waals surface area contributed by atoms with Crippen LogP contribution < -0.4 is 0 Å². The SMILES string of the molecule is CC(C)(C)c1ccnc(-c2[c-]ccc3c2oc2c(-c4cccc(-c5ccccc5)c4)cccc23)c1.[2H]C([2H])([2H])c1c[c-]c(-c2ccc(C([2H])([2H])C(C)(C)C)cn2)cc1-c1ccccc1.[Ir]. The maximum atomic E-state index is 8.39. The van der Waals surface area contributed by atoms with Gasteiger partial charge in [-0.05, 0) is 74.1 Å². The summed E-state index contributed by atoms with van der Waals surface area (Å²) in [7, 11) is 0. The molecule has 60 heavy (non-hydrogen) atoms. The average molecular weight is 964 g/mol. The van der Waals surface area contributed by atoms with Gasteiger partial charge in [0.05, 0.1) is 5.58 Å². The first-order valence-corrected chi connectivity index (χ1v) is 20.0. The van der Waals surface area contributed by atoms with Crippen LogP contribution in [0.3, 0.4) is 0 Å². The number of furan rings is 1. The Kier molecular flexibility index (Phi) is 10.6. The molecule has 6 aromatic carbocycles. The zero-order valence-electron chi connectivity index (χ0n) is 39.7. The summed E-state index contributed by atoms with van der Waals surface area (Å²) in [4.78, 5) is 9.12. The van der Waals surface area contributed by atoms with Crippen molar-refractivity contribution in [3.05, 3.63) is 193 Å². The van der Waals surface area contributed by atoms with Crippen molar-refractivity contribution >= 4 is 21.9 Å². The number of aromatic nitrogens is 2. The molecule has 0 bridgehead atoms. The fraction of sp³-hybridized carbons (Fsp3) is 0.179. The van der Waals surface area contributed by atoms with Crippen LogP contribution in [-0.4, -0.2) is 9.97 Å². The van der Waals surface area contributed by atoms with E-state index in [1.54, 1.807) is 24.4 Å². The molecule has 0 saturated carbocycles. The molecule has 0 amide bonds. The van der Waals surface area contributed by atoms with Crippen LogP contribution in [0.25, 0.3) is 77.8 Å². The molecule has 3 heterocycles. The summed E-state index contributed by atoms with van der Waals surface area (Å²) in [5.74, 6) is 0. The van der Waals surface area contributed by atoms with Gasteiger partial charge in [-0.3, -0.25) is 0 Å². The summed E-state index contributed by atoms with van der Waals surface area (Å²) in [5, 5.41) is 2.18. The molecule has 301 valence electrons.